The lowest BCUT2D eigenvalue weighted by Gasteiger charge is -2.10. The molecule has 0 saturated heterocycles. The highest BCUT2D eigenvalue weighted by Crippen LogP contribution is 2.35. The Kier molecular flexibility index (Phi) is 3.66. The van der Waals surface area contributed by atoms with E-state index in [1.807, 2.05) is 24.3 Å². The van der Waals surface area contributed by atoms with E-state index in [9.17, 15) is 9.90 Å². The maximum atomic E-state index is 12.5. The molecule has 1 aromatic heterocycles. The molecule has 0 atom stereocenters. The number of hydrogen-bond acceptors (Lipinski definition) is 4. The van der Waals surface area contributed by atoms with Crippen molar-refractivity contribution in [3.05, 3.63) is 56.7 Å². The molecule has 0 amide bonds. The lowest BCUT2D eigenvalue weighted by molar-refractivity contribution is 0.412. The summed E-state index contributed by atoms with van der Waals surface area (Å²) in [6.07, 6.45) is 0. The average molecular weight is 361 g/mol. The molecule has 0 bridgehead atoms. The zero-order valence-electron chi connectivity index (χ0n) is 12.0. The zero-order valence-corrected chi connectivity index (χ0v) is 13.6. The first-order valence-corrected chi connectivity index (χ1v) is 7.41. The smallest absolute Gasteiger partial charge is 0.197 e. The standard InChI is InChI=1S/C17H13BrO4/c1-9-7-13(20)17-15(16(9)21-2)12(19)8-14(22-17)10-3-5-11(18)6-4-10/h3-8,20H,1-2H3. The van der Waals surface area contributed by atoms with Gasteiger partial charge in [-0.25, -0.2) is 0 Å². The molecule has 0 unspecified atom stereocenters. The molecular formula is C17H13BrO4. The van der Waals surface area contributed by atoms with Crippen molar-refractivity contribution in [2.24, 2.45) is 0 Å². The van der Waals surface area contributed by atoms with Crippen molar-refractivity contribution in [1.29, 1.82) is 0 Å². The van der Waals surface area contributed by atoms with E-state index in [2.05, 4.69) is 15.9 Å². The molecule has 0 aliphatic rings. The number of methoxy groups -OCH3 is 1. The molecule has 0 fully saturated rings. The monoisotopic (exact) mass is 360 g/mol. The number of halogens is 1. The molecule has 1 heterocycles. The number of benzene rings is 2. The van der Waals surface area contributed by atoms with Crippen molar-refractivity contribution in [3.8, 4) is 22.8 Å². The van der Waals surface area contributed by atoms with Gasteiger partial charge in [0.2, 0.25) is 0 Å². The van der Waals surface area contributed by atoms with Gasteiger partial charge < -0.3 is 14.3 Å². The maximum absolute atomic E-state index is 12.5. The fourth-order valence-corrected chi connectivity index (χ4v) is 2.71. The van der Waals surface area contributed by atoms with Gasteiger partial charge in [0.25, 0.3) is 0 Å². The van der Waals surface area contributed by atoms with Crippen LogP contribution >= 0.6 is 15.9 Å². The fraction of sp³-hybridized carbons (Fsp3) is 0.118. The Morgan fingerprint density at radius 2 is 1.86 bits per heavy atom. The van der Waals surface area contributed by atoms with Crippen molar-refractivity contribution in [2.45, 2.75) is 6.92 Å². The predicted octanol–water partition coefficient (Wildman–Crippen LogP) is 4.25. The van der Waals surface area contributed by atoms with Gasteiger partial charge in [0, 0.05) is 16.1 Å². The molecule has 0 aliphatic heterocycles. The third kappa shape index (κ3) is 2.37. The van der Waals surface area contributed by atoms with Crippen LogP contribution in [-0.4, -0.2) is 12.2 Å². The molecule has 0 saturated carbocycles. The van der Waals surface area contributed by atoms with Gasteiger partial charge in [0.05, 0.1) is 7.11 Å². The largest absolute Gasteiger partial charge is 0.504 e. The second-order valence-corrected chi connectivity index (χ2v) is 5.85. The molecule has 2 aromatic carbocycles. The first-order valence-electron chi connectivity index (χ1n) is 6.61. The number of rotatable bonds is 2. The van der Waals surface area contributed by atoms with Crippen LogP contribution in [0.5, 0.6) is 11.5 Å². The van der Waals surface area contributed by atoms with Crippen molar-refractivity contribution in [1.82, 2.24) is 0 Å². The third-order valence-corrected chi connectivity index (χ3v) is 3.98. The summed E-state index contributed by atoms with van der Waals surface area (Å²) in [4.78, 5) is 12.5. The molecule has 112 valence electrons. The Morgan fingerprint density at radius 1 is 1.18 bits per heavy atom. The summed E-state index contributed by atoms with van der Waals surface area (Å²) in [5.41, 5.74) is 1.31. The number of ether oxygens (including phenoxy) is 1. The molecule has 1 N–H and O–H groups in total. The Hall–Kier alpha value is -2.27. The summed E-state index contributed by atoms with van der Waals surface area (Å²) in [5.74, 6) is 0.736. The van der Waals surface area contributed by atoms with E-state index in [1.54, 1.807) is 6.92 Å². The van der Waals surface area contributed by atoms with Crippen molar-refractivity contribution in [3.63, 3.8) is 0 Å². The van der Waals surface area contributed by atoms with Gasteiger partial charge in [-0.3, -0.25) is 4.79 Å². The summed E-state index contributed by atoms with van der Waals surface area (Å²) >= 11 is 3.36. The highest BCUT2D eigenvalue weighted by molar-refractivity contribution is 9.10. The van der Waals surface area contributed by atoms with Gasteiger partial charge in [-0.1, -0.05) is 28.1 Å². The normalized spacial score (nSPS) is 10.9. The lowest BCUT2D eigenvalue weighted by atomic mass is 10.1. The Morgan fingerprint density at radius 3 is 2.50 bits per heavy atom. The SMILES string of the molecule is COc1c(C)cc(O)c2oc(-c3ccc(Br)cc3)cc(=O)c12. The minimum Gasteiger partial charge on any atom is -0.504 e. The van der Waals surface area contributed by atoms with E-state index in [0.29, 0.717) is 17.1 Å². The number of fused-ring (bicyclic) bond motifs is 1. The van der Waals surface area contributed by atoms with Crippen LogP contribution in [0.25, 0.3) is 22.3 Å². The van der Waals surface area contributed by atoms with Crippen LogP contribution in [0.3, 0.4) is 0 Å². The van der Waals surface area contributed by atoms with E-state index >= 15 is 0 Å². The summed E-state index contributed by atoms with van der Waals surface area (Å²) in [7, 11) is 1.49. The van der Waals surface area contributed by atoms with E-state index in [0.717, 1.165) is 10.0 Å². The number of phenols is 1. The number of hydrogen-bond donors (Lipinski definition) is 1. The third-order valence-electron chi connectivity index (χ3n) is 3.45. The maximum Gasteiger partial charge on any atom is 0.197 e. The van der Waals surface area contributed by atoms with Gasteiger partial charge in [0.1, 0.15) is 16.9 Å². The average Bonchev–Trinajstić information content (AvgIpc) is 2.49. The molecule has 0 radical (unpaired) electrons. The number of phenolic OH excluding ortho intramolecular Hbond substituents is 1. The first kappa shape index (κ1) is 14.7. The van der Waals surface area contributed by atoms with Gasteiger partial charge >= 0.3 is 0 Å². The quantitative estimate of drug-likeness (QED) is 0.742. The van der Waals surface area contributed by atoms with Gasteiger partial charge in [-0.15, -0.1) is 0 Å². The molecule has 22 heavy (non-hydrogen) atoms. The highest BCUT2D eigenvalue weighted by Gasteiger charge is 2.17. The van der Waals surface area contributed by atoms with Crippen molar-refractivity contribution in [2.75, 3.05) is 7.11 Å². The van der Waals surface area contributed by atoms with Gasteiger partial charge in [-0.05, 0) is 30.7 Å². The van der Waals surface area contributed by atoms with E-state index in [1.165, 1.54) is 19.2 Å². The highest BCUT2D eigenvalue weighted by atomic mass is 79.9. The van der Waals surface area contributed by atoms with Crippen LogP contribution in [0.15, 0.2) is 50.1 Å². The fourth-order valence-electron chi connectivity index (χ4n) is 2.44. The summed E-state index contributed by atoms with van der Waals surface area (Å²) in [5, 5.41) is 10.4. The van der Waals surface area contributed by atoms with Crippen molar-refractivity contribution < 1.29 is 14.3 Å². The molecule has 3 rings (SSSR count). The Labute approximate surface area is 135 Å². The lowest BCUT2D eigenvalue weighted by Crippen LogP contribution is -2.04. The van der Waals surface area contributed by atoms with Crippen LogP contribution in [0.2, 0.25) is 0 Å². The van der Waals surface area contributed by atoms with Crippen LogP contribution in [0.4, 0.5) is 0 Å². The van der Waals surface area contributed by atoms with E-state index in [4.69, 9.17) is 9.15 Å². The second kappa shape index (κ2) is 5.50. The molecule has 3 aromatic rings. The van der Waals surface area contributed by atoms with Crippen LogP contribution in [0.1, 0.15) is 5.56 Å². The predicted molar refractivity (Wildman–Crippen MR) is 88.6 cm³/mol. The van der Waals surface area contributed by atoms with Crippen LogP contribution in [0, 0.1) is 6.92 Å². The Bertz CT molecular complexity index is 911. The Balaban J connectivity index is 2.34. The van der Waals surface area contributed by atoms with Crippen LogP contribution in [-0.2, 0) is 0 Å². The zero-order chi connectivity index (χ0) is 15.9. The minimum absolute atomic E-state index is 0.0793. The molecule has 0 aliphatic carbocycles. The van der Waals surface area contributed by atoms with Crippen molar-refractivity contribution >= 4 is 26.9 Å². The molecule has 5 heteroatoms. The number of aromatic hydroxyl groups is 1. The number of aryl methyl sites for hydroxylation is 1. The topological polar surface area (TPSA) is 59.7 Å². The molecule has 0 spiro atoms. The van der Waals surface area contributed by atoms with E-state index < -0.39 is 0 Å². The summed E-state index contributed by atoms with van der Waals surface area (Å²) in [6.45, 7) is 1.76. The summed E-state index contributed by atoms with van der Waals surface area (Å²) in [6, 6.07) is 10.3. The van der Waals surface area contributed by atoms with Gasteiger partial charge in [0.15, 0.2) is 16.8 Å². The van der Waals surface area contributed by atoms with Crippen LogP contribution < -0.4 is 10.2 Å². The van der Waals surface area contributed by atoms with Gasteiger partial charge in [-0.2, -0.15) is 0 Å². The first-order chi connectivity index (χ1) is 10.5. The molecular weight excluding hydrogens is 348 g/mol. The second-order valence-electron chi connectivity index (χ2n) is 4.93. The minimum atomic E-state index is -0.255. The summed E-state index contributed by atoms with van der Waals surface area (Å²) < 4.78 is 12.0. The van der Waals surface area contributed by atoms with E-state index in [-0.39, 0.29) is 22.1 Å². The molecule has 4 nitrogen and oxygen atoms in total.